The number of halogens is 1. The zero-order chi connectivity index (χ0) is 19.9. The highest BCUT2D eigenvalue weighted by atomic mass is 19.1. The Bertz CT molecular complexity index is 446. The van der Waals surface area contributed by atoms with Crippen LogP contribution in [0.2, 0.25) is 0 Å². The van der Waals surface area contributed by atoms with E-state index >= 15 is 0 Å². The molecule has 2 rings (SSSR count). The molecule has 0 amide bonds. The van der Waals surface area contributed by atoms with Crippen molar-refractivity contribution in [1.82, 2.24) is 0 Å². The van der Waals surface area contributed by atoms with Gasteiger partial charge in [0.05, 0.1) is 12.2 Å². The summed E-state index contributed by atoms with van der Waals surface area (Å²) in [6, 6.07) is 0. The van der Waals surface area contributed by atoms with Gasteiger partial charge in [-0.25, -0.2) is 4.39 Å². The summed E-state index contributed by atoms with van der Waals surface area (Å²) in [5, 5.41) is 29.5. The molecule has 0 aromatic carbocycles. The third-order valence-corrected chi connectivity index (χ3v) is 7.43. The van der Waals surface area contributed by atoms with Crippen LogP contribution in [0, 0.1) is 17.3 Å². The van der Waals surface area contributed by atoms with Gasteiger partial charge in [0.2, 0.25) is 0 Å². The van der Waals surface area contributed by atoms with Gasteiger partial charge in [-0.15, -0.1) is 0 Å². The molecule has 0 aromatic heterocycles. The molecule has 2 fully saturated rings. The molecule has 4 nitrogen and oxygen atoms in total. The van der Waals surface area contributed by atoms with Crippen molar-refractivity contribution >= 4 is 5.97 Å². The first-order valence-electron chi connectivity index (χ1n) is 11.1. The number of hydrogen-bond donors (Lipinski definition) is 3. The van der Waals surface area contributed by atoms with Crippen molar-refractivity contribution in [2.75, 3.05) is 0 Å². The summed E-state index contributed by atoms with van der Waals surface area (Å²) in [5.74, 6) is -0.836. The number of carboxylic acid groups (broad SMARTS) is 1. The Kier molecular flexibility index (Phi) is 9.00. The van der Waals surface area contributed by atoms with Crippen molar-refractivity contribution < 1.29 is 24.5 Å². The Morgan fingerprint density at radius 1 is 1.11 bits per heavy atom. The molecule has 0 heterocycles. The Morgan fingerprint density at radius 3 is 2.37 bits per heavy atom. The molecule has 5 heteroatoms. The fraction of sp³-hybridized carbons (Fsp3) is 0.955. The summed E-state index contributed by atoms with van der Waals surface area (Å²) in [6.45, 7) is 2.16. The zero-order valence-electron chi connectivity index (χ0n) is 16.9. The highest BCUT2D eigenvalue weighted by Gasteiger charge is 2.43. The first kappa shape index (κ1) is 22.6. The Balaban J connectivity index is 1.70. The van der Waals surface area contributed by atoms with E-state index < -0.39 is 18.2 Å². The van der Waals surface area contributed by atoms with E-state index in [4.69, 9.17) is 5.11 Å². The lowest BCUT2D eigenvalue weighted by atomic mass is 9.62. The average molecular weight is 387 g/mol. The minimum absolute atomic E-state index is 0.00480. The molecule has 0 saturated heterocycles. The van der Waals surface area contributed by atoms with Gasteiger partial charge in [-0.05, 0) is 62.2 Å². The third kappa shape index (κ3) is 6.15. The molecule has 5 atom stereocenters. The molecule has 158 valence electrons. The van der Waals surface area contributed by atoms with E-state index in [9.17, 15) is 19.4 Å². The maximum absolute atomic E-state index is 14.4. The van der Waals surface area contributed by atoms with Gasteiger partial charge in [-0.1, -0.05) is 39.0 Å². The number of rotatable bonds is 13. The highest BCUT2D eigenvalue weighted by Crippen LogP contribution is 2.48. The monoisotopic (exact) mass is 386 g/mol. The predicted octanol–water partition coefficient (Wildman–Crippen LogP) is 4.86. The summed E-state index contributed by atoms with van der Waals surface area (Å²) in [7, 11) is 0. The summed E-state index contributed by atoms with van der Waals surface area (Å²) in [6.07, 6.45) is 9.74. The number of unbranched alkanes of at least 4 members (excludes halogenated alkanes) is 3. The van der Waals surface area contributed by atoms with E-state index in [2.05, 4.69) is 6.92 Å². The molecule has 0 aromatic rings. The molecule has 3 N–H and O–H groups in total. The van der Waals surface area contributed by atoms with Crippen molar-refractivity contribution in [1.29, 1.82) is 0 Å². The van der Waals surface area contributed by atoms with Crippen molar-refractivity contribution in [3.05, 3.63) is 0 Å². The molecule has 2 saturated carbocycles. The van der Waals surface area contributed by atoms with Crippen molar-refractivity contribution in [2.45, 2.75) is 115 Å². The number of carbonyl (C=O) groups is 1. The SMILES string of the molecule is CCC1(C(O)CCC[C@H]2C(O)CC(F)[C@@H]2CCCCCCC(=O)O)CCC1. The van der Waals surface area contributed by atoms with E-state index in [1.54, 1.807) is 0 Å². The largest absolute Gasteiger partial charge is 0.481 e. The normalized spacial score (nSPS) is 30.8. The quantitative estimate of drug-likeness (QED) is 0.395. The lowest BCUT2D eigenvalue weighted by molar-refractivity contribution is -0.137. The first-order chi connectivity index (χ1) is 12.9. The van der Waals surface area contributed by atoms with E-state index in [1.807, 2.05) is 0 Å². The van der Waals surface area contributed by atoms with Gasteiger partial charge in [0.15, 0.2) is 0 Å². The molecule has 3 unspecified atom stereocenters. The molecule has 0 aliphatic heterocycles. The first-order valence-corrected chi connectivity index (χ1v) is 11.1. The van der Waals surface area contributed by atoms with Crippen molar-refractivity contribution in [3.63, 3.8) is 0 Å². The second kappa shape index (κ2) is 10.8. The second-order valence-electron chi connectivity index (χ2n) is 9.01. The minimum atomic E-state index is -0.928. The van der Waals surface area contributed by atoms with Crippen LogP contribution in [0.25, 0.3) is 0 Å². The molecule has 2 aliphatic carbocycles. The van der Waals surface area contributed by atoms with Crippen LogP contribution in [0.3, 0.4) is 0 Å². The average Bonchev–Trinajstić information content (AvgIpc) is 2.84. The molecular weight excluding hydrogens is 347 g/mol. The van der Waals surface area contributed by atoms with Gasteiger partial charge < -0.3 is 15.3 Å². The van der Waals surface area contributed by atoms with Gasteiger partial charge >= 0.3 is 5.97 Å². The fourth-order valence-electron chi connectivity index (χ4n) is 5.35. The molecular formula is C22H39FO4. The van der Waals surface area contributed by atoms with Crippen LogP contribution in [0.4, 0.5) is 4.39 Å². The minimum Gasteiger partial charge on any atom is -0.481 e. The highest BCUT2D eigenvalue weighted by molar-refractivity contribution is 5.66. The Hall–Kier alpha value is -0.680. The summed E-state index contributed by atoms with van der Waals surface area (Å²) >= 11 is 0. The van der Waals surface area contributed by atoms with Gasteiger partial charge in [-0.2, -0.15) is 0 Å². The van der Waals surface area contributed by atoms with Crippen LogP contribution in [-0.2, 0) is 4.79 Å². The van der Waals surface area contributed by atoms with E-state index in [0.717, 1.165) is 64.2 Å². The Morgan fingerprint density at radius 2 is 1.78 bits per heavy atom. The summed E-state index contributed by atoms with van der Waals surface area (Å²) in [5.41, 5.74) is 0.117. The number of aliphatic hydroxyl groups excluding tert-OH is 2. The maximum atomic E-state index is 14.4. The summed E-state index contributed by atoms with van der Waals surface area (Å²) in [4.78, 5) is 10.5. The maximum Gasteiger partial charge on any atom is 0.303 e. The third-order valence-electron chi connectivity index (χ3n) is 7.43. The standard InChI is InChI=1S/C22H39FO4/c1-2-22(13-8-14-22)20(25)11-7-10-17-16(18(23)15-19(17)24)9-5-3-4-6-12-21(26)27/h16-20,24-25H,2-15H2,1H3,(H,26,27)/t16-,17-,18?,19?,20?/m1/s1. The molecule has 0 radical (unpaired) electrons. The van der Waals surface area contributed by atoms with Crippen LogP contribution in [-0.4, -0.2) is 39.7 Å². The number of aliphatic hydroxyl groups is 2. The topological polar surface area (TPSA) is 77.8 Å². The van der Waals surface area contributed by atoms with Gasteiger partial charge in [0, 0.05) is 12.8 Å². The van der Waals surface area contributed by atoms with Crippen LogP contribution in [0.1, 0.15) is 96.8 Å². The van der Waals surface area contributed by atoms with E-state index in [0.29, 0.717) is 6.42 Å². The lowest BCUT2D eigenvalue weighted by Gasteiger charge is -2.45. The van der Waals surface area contributed by atoms with E-state index in [-0.39, 0.29) is 36.2 Å². The van der Waals surface area contributed by atoms with E-state index in [1.165, 1.54) is 6.42 Å². The van der Waals surface area contributed by atoms with Crippen LogP contribution in [0.15, 0.2) is 0 Å². The summed E-state index contributed by atoms with van der Waals surface area (Å²) < 4.78 is 14.4. The number of aliphatic carboxylic acids is 1. The van der Waals surface area contributed by atoms with Crippen LogP contribution >= 0.6 is 0 Å². The van der Waals surface area contributed by atoms with Gasteiger partial charge in [0.25, 0.3) is 0 Å². The second-order valence-corrected chi connectivity index (χ2v) is 9.01. The molecule has 2 aliphatic rings. The van der Waals surface area contributed by atoms with Crippen LogP contribution in [0.5, 0.6) is 0 Å². The fourth-order valence-corrected chi connectivity index (χ4v) is 5.35. The van der Waals surface area contributed by atoms with Gasteiger partial charge in [-0.3, -0.25) is 4.79 Å². The molecule has 27 heavy (non-hydrogen) atoms. The van der Waals surface area contributed by atoms with Crippen LogP contribution < -0.4 is 0 Å². The molecule has 0 spiro atoms. The molecule has 0 bridgehead atoms. The zero-order valence-corrected chi connectivity index (χ0v) is 16.9. The number of alkyl halides is 1. The number of carboxylic acids is 1. The predicted molar refractivity (Wildman–Crippen MR) is 104 cm³/mol. The lowest BCUT2D eigenvalue weighted by Crippen LogP contribution is -2.40. The van der Waals surface area contributed by atoms with Gasteiger partial charge in [0.1, 0.15) is 6.17 Å². The van der Waals surface area contributed by atoms with Crippen molar-refractivity contribution in [3.8, 4) is 0 Å². The Labute approximate surface area is 163 Å². The smallest absolute Gasteiger partial charge is 0.303 e. The number of hydrogen-bond acceptors (Lipinski definition) is 3. The van der Waals surface area contributed by atoms with Crippen molar-refractivity contribution in [2.24, 2.45) is 17.3 Å².